The lowest BCUT2D eigenvalue weighted by molar-refractivity contribution is -0.144. The van der Waals surface area contributed by atoms with Gasteiger partial charge in [0.25, 0.3) is 0 Å². The van der Waals surface area contributed by atoms with Crippen LogP contribution in [0.5, 0.6) is 0 Å². The molecule has 34 heavy (non-hydrogen) atoms. The van der Waals surface area contributed by atoms with Gasteiger partial charge in [-0.2, -0.15) is 0 Å². The monoisotopic (exact) mass is 486 g/mol. The van der Waals surface area contributed by atoms with Crippen LogP contribution in [0, 0.1) is 17.8 Å². The Morgan fingerprint density at radius 1 is 0.676 bits per heavy atom. The van der Waals surface area contributed by atoms with E-state index in [0.29, 0.717) is 19.3 Å². The van der Waals surface area contributed by atoms with Crippen LogP contribution in [0.3, 0.4) is 0 Å². The number of carboxylic acid groups (broad SMARTS) is 2. The topological polar surface area (TPSA) is 188 Å². The van der Waals surface area contributed by atoms with Gasteiger partial charge in [-0.25, -0.2) is 4.79 Å². The molecule has 11 nitrogen and oxygen atoms in total. The van der Waals surface area contributed by atoms with E-state index < -0.39 is 53.8 Å². The molecule has 0 aliphatic rings. The van der Waals surface area contributed by atoms with Crippen molar-refractivity contribution in [2.75, 3.05) is 0 Å². The van der Waals surface area contributed by atoms with Crippen molar-refractivity contribution in [1.82, 2.24) is 16.0 Å². The zero-order valence-electron chi connectivity index (χ0n) is 21.1. The average molecular weight is 487 g/mol. The van der Waals surface area contributed by atoms with E-state index in [9.17, 15) is 29.1 Å². The second kappa shape index (κ2) is 15.3. The summed E-state index contributed by atoms with van der Waals surface area (Å²) in [5, 5.41) is 26.1. The summed E-state index contributed by atoms with van der Waals surface area (Å²) in [4.78, 5) is 61.0. The third kappa shape index (κ3) is 10.1. The summed E-state index contributed by atoms with van der Waals surface area (Å²) in [6, 6.07) is -4.21. The number of rotatable bonds is 16. The van der Waals surface area contributed by atoms with Gasteiger partial charge >= 0.3 is 11.9 Å². The van der Waals surface area contributed by atoms with Crippen LogP contribution in [0.4, 0.5) is 0 Å². The van der Waals surface area contributed by atoms with Crippen molar-refractivity contribution in [2.24, 2.45) is 23.5 Å². The van der Waals surface area contributed by atoms with Crippen molar-refractivity contribution in [3.8, 4) is 0 Å². The Bertz CT molecular complexity index is 715. The number of nitrogens with one attached hydrogen (secondary N) is 3. The highest BCUT2D eigenvalue weighted by Crippen LogP contribution is 2.14. The Balaban J connectivity index is 5.62. The third-order valence-corrected chi connectivity index (χ3v) is 6.37. The van der Waals surface area contributed by atoms with Gasteiger partial charge in [0, 0.05) is 6.42 Å². The maximum absolute atomic E-state index is 13.2. The minimum Gasteiger partial charge on any atom is -0.481 e. The molecule has 0 aliphatic carbocycles. The van der Waals surface area contributed by atoms with E-state index in [0.717, 1.165) is 0 Å². The normalized spacial score (nSPS) is 17.3. The molecular weight excluding hydrogens is 444 g/mol. The van der Waals surface area contributed by atoms with Crippen molar-refractivity contribution >= 4 is 29.7 Å². The molecule has 0 saturated carbocycles. The molecule has 11 heteroatoms. The second-order valence-electron chi connectivity index (χ2n) is 8.99. The zero-order chi connectivity index (χ0) is 26.6. The van der Waals surface area contributed by atoms with Gasteiger partial charge in [0.2, 0.25) is 17.7 Å². The second-order valence-corrected chi connectivity index (χ2v) is 8.99. The maximum Gasteiger partial charge on any atom is 0.326 e. The molecule has 7 N–H and O–H groups in total. The Labute approximate surface area is 201 Å². The van der Waals surface area contributed by atoms with Crippen molar-refractivity contribution in [2.45, 2.75) is 97.8 Å². The van der Waals surface area contributed by atoms with Crippen molar-refractivity contribution in [1.29, 1.82) is 0 Å². The number of carbonyl (C=O) groups excluding carboxylic acids is 3. The lowest BCUT2D eigenvalue weighted by Crippen LogP contribution is -2.60. The summed E-state index contributed by atoms with van der Waals surface area (Å²) in [6.45, 7) is 10.7. The van der Waals surface area contributed by atoms with Crippen LogP contribution in [0.25, 0.3) is 0 Å². The number of amides is 3. The Morgan fingerprint density at radius 3 is 1.38 bits per heavy atom. The van der Waals surface area contributed by atoms with Crippen LogP contribution in [0.2, 0.25) is 0 Å². The zero-order valence-corrected chi connectivity index (χ0v) is 21.1. The highest BCUT2D eigenvalue weighted by molar-refractivity contribution is 5.94. The summed E-state index contributed by atoms with van der Waals surface area (Å²) in [5.74, 6) is -5.02. The standard InChI is InChI=1S/C23H42N4O7/c1-7-12(4)17(25-20(30)15(24)10-11-16(28)29)21(31)26-18(13(5)8-2)22(32)27-19(23(33)34)14(6)9-3/h12-15,17-19H,7-11,24H2,1-6H3,(H,25,30)(H,26,31)(H,27,32)(H,28,29)(H,33,34). The molecular formula is C23H42N4O7. The van der Waals surface area contributed by atoms with Crippen molar-refractivity contribution in [3.63, 3.8) is 0 Å². The molecule has 0 fully saturated rings. The molecule has 3 amide bonds. The van der Waals surface area contributed by atoms with Crippen LogP contribution in [-0.4, -0.2) is 64.0 Å². The first-order valence-corrected chi connectivity index (χ1v) is 11.9. The number of carboxylic acids is 2. The number of carbonyl (C=O) groups is 5. The molecule has 0 bridgehead atoms. The first kappa shape index (κ1) is 31.3. The lowest BCUT2D eigenvalue weighted by Gasteiger charge is -2.30. The van der Waals surface area contributed by atoms with Gasteiger partial charge in [-0.05, 0) is 24.2 Å². The van der Waals surface area contributed by atoms with E-state index in [1.807, 2.05) is 20.8 Å². The van der Waals surface area contributed by atoms with Crippen LogP contribution in [0.15, 0.2) is 0 Å². The first-order chi connectivity index (χ1) is 15.8. The molecule has 0 aromatic heterocycles. The Hall–Kier alpha value is -2.69. The third-order valence-electron chi connectivity index (χ3n) is 6.37. The van der Waals surface area contributed by atoms with Crippen LogP contribution >= 0.6 is 0 Å². The average Bonchev–Trinajstić information content (AvgIpc) is 2.80. The number of hydrogen-bond donors (Lipinski definition) is 6. The minimum atomic E-state index is -1.16. The SMILES string of the molecule is CCC(C)C(NC(=O)C(NC(=O)C(NC(=O)C(N)CCC(=O)O)C(C)CC)C(C)CC)C(=O)O. The molecule has 0 radical (unpaired) electrons. The van der Waals surface area contributed by atoms with Gasteiger partial charge in [0.1, 0.15) is 18.1 Å². The van der Waals surface area contributed by atoms with Crippen LogP contribution < -0.4 is 21.7 Å². The summed E-state index contributed by atoms with van der Waals surface area (Å²) in [5.41, 5.74) is 5.77. The quantitative estimate of drug-likeness (QED) is 0.185. The van der Waals surface area contributed by atoms with Gasteiger partial charge in [0.15, 0.2) is 0 Å². The van der Waals surface area contributed by atoms with Crippen molar-refractivity contribution < 1.29 is 34.2 Å². The van der Waals surface area contributed by atoms with Crippen LogP contribution in [-0.2, 0) is 24.0 Å². The predicted octanol–water partition coefficient (Wildman–Crippen LogP) is 0.856. The Kier molecular flexibility index (Phi) is 14.1. The lowest BCUT2D eigenvalue weighted by atomic mass is 9.93. The molecule has 0 rings (SSSR count). The molecule has 0 saturated heterocycles. The van der Waals surface area contributed by atoms with Gasteiger partial charge in [-0.15, -0.1) is 0 Å². The fourth-order valence-electron chi connectivity index (χ4n) is 3.24. The molecule has 196 valence electrons. The molecule has 0 heterocycles. The number of aliphatic carboxylic acids is 2. The first-order valence-electron chi connectivity index (χ1n) is 11.9. The predicted molar refractivity (Wildman–Crippen MR) is 127 cm³/mol. The van der Waals surface area contributed by atoms with Crippen LogP contribution in [0.1, 0.15) is 73.6 Å². The highest BCUT2D eigenvalue weighted by atomic mass is 16.4. The number of hydrogen-bond acceptors (Lipinski definition) is 6. The minimum absolute atomic E-state index is 0.0832. The van der Waals surface area contributed by atoms with Gasteiger partial charge in [-0.3, -0.25) is 19.2 Å². The molecule has 0 spiro atoms. The number of nitrogens with two attached hydrogens (primary N) is 1. The largest absolute Gasteiger partial charge is 0.481 e. The molecule has 0 aromatic carbocycles. The van der Waals surface area contributed by atoms with E-state index in [1.54, 1.807) is 20.8 Å². The van der Waals surface area contributed by atoms with Gasteiger partial charge in [-0.1, -0.05) is 60.8 Å². The maximum atomic E-state index is 13.2. The van der Waals surface area contributed by atoms with Gasteiger partial charge in [0.05, 0.1) is 6.04 Å². The summed E-state index contributed by atoms with van der Waals surface area (Å²) in [7, 11) is 0. The summed E-state index contributed by atoms with van der Waals surface area (Å²) in [6.07, 6.45) is 1.26. The fourth-order valence-corrected chi connectivity index (χ4v) is 3.24. The van der Waals surface area contributed by atoms with E-state index in [2.05, 4.69) is 16.0 Å². The van der Waals surface area contributed by atoms with E-state index >= 15 is 0 Å². The van der Waals surface area contributed by atoms with E-state index in [-0.39, 0.29) is 30.6 Å². The van der Waals surface area contributed by atoms with E-state index in [1.165, 1.54) is 0 Å². The van der Waals surface area contributed by atoms with Gasteiger partial charge < -0.3 is 31.9 Å². The van der Waals surface area contributed by atoms with Crippen molar-refractivity contribution in [3.05, 3.63) is 0 Å². The Morgan fingerprint density at radius 2 is 1.03 bits per heavy atom. The molecule has 7 unspecified atom stereocenters. The molecule has 0 aromatic rings. The smallest absolute Gasteiger partial charge is 0.326 e. The summed E-state index contributed by atoms with van der Waals surface area (Å²) >= 11 is 0. The fraction of sp³-hybridized carbons (Fsp3) is 0.783. The van der Waals surface area contributed by atoms with E-state index in [4.69, 9.17) is 10.8 Å². The highest BCUT2D eigenvalue weighted by Gasteiger charge is 2.35. The molecule has 0 aliphatic heterocycles. The summed E-state index contributed by atoms with van der Waals surface area (Å²) < 4.78 is 0. The molecule has 7 atom stereocenters.